The second-order valence-corrected chi connectivity index (χ2v) is 4.12. The molecule has 0 radical (unpaired) electrons. The molecule has 0 spiro atoms. The Morgan fingerprint density at radius 2 is 2.22 bits per heavy atom. The summed E-state index contributed by atoms with van der Waals surface area (Å²) in [5, 5.41) is 4.07. The van der Waals surface area contributed by atoms with Crippen molar-refractivity contribution in [1.29, 1.82) is 0 Å². The lowest BCUT2D eigenvalue weighted by molar-refractivity contribution is 0.0954. The summed E-state index contributed by atoms with van der Waals surface area (Å²) in [6, 6.07) is 6.99. The van der Waals surface area contributed by atoms with E-state index in [1.807, 2.05) is 6.92 Å². The highest BCUT2D eigenvalue weighted by atomic mass is 16.5. The van der Waals surface area contributed by atoms with Crippen LogP contribution in [0.5, 0.6) is 5.75 Å². The highest BCUT2D eigenvalue weighted by Gasteiger charge is 2.05. The van der Waals surface area contributed by atoms with Gasteiger partial charge in [0.2, 0.25) is 0 Å². The van der Waals surface area contributed by atoms with E-state index in [0.717, 1.165) is 25.0 Å². The summed E-state index contributed by atoms with van der Waals surface area (Å²) in [7, 11) is 1.57. The number of hydrogen-bond acceptors (Lipinski definition) is 3. The van der Waals surface area contributed by atoms with Gasteiger partial charge in [0.1, 0.15) is 5.75 Å². The maximum absolute atomic E-state index is 11.8. The van der Waals surface area contributed by atoms with Gasteiger partial charge in [0.15, 0.2) is 0 Å². The van der Waals surface area contributed by atoms with E-state index < -0.39 is 0 Å². The average molecular weight is 248 g/mol. The lowest BCUT2D eigenvalue weighted by atomic mass is 10.2. The Morgan fingerprint density at radius 3 is 2.89 bits per heavy atom. The molecular formula is C14H20N2O2. The number of nitrogens with one attached hydrogen (secondary N) is 1. The van der Waals surface area contributed by atoms with Gasteiger partial charge in [-0.1, -0.05) is 19.4 Å². The first-order valence-corrected chi connectivity index (χ1v) is 6.15. The summed E-state index contributed by atoms with van der Waals surface area (Å²) in [5.41, 5.74) is 4.03. The quantitative estimate of drug-likeness (QED) is 0.621. The van der Waals surface area contributed by atoms with Gasteiger partial charge in [-0.15, -0.1) is 0 Å². The van der Waals surface area contributed by atoms with Crippen LogP contribution < -0.4 is 10.2 Å². The van der Waals surface area contributed by atoms with E-state index in [-0.39, 0.29) is 5.91 Å². The number of carbonyl (C=O) groups is 1. The second kappa shape index (κ2) is 7.48. The number of hydrazone groups is 1. The van der Waals surface area contributed by atoms with Crippen LogP contribution in [0, 0.1) is 0 Å². The van der Waals surface area contributed by atoms with Crippen molar-refractivity contribution in [2.24, 2.45) is 5.10 Å². The maximum atomic E-state index is 11.8. The van der Waals surface area contributed by atoms with Crippen LogP contribution in [0.1, 0.15) is 43.5 Å². The van der Waals surface area contributed by atoms with Crippen LogP contribution in [-0.4, -0.2) is 18.7 Å². The molecule has 1 aromatic carbocycles. The first kappa shape index (κ1) is 14.2. The van der Waals surface area contributed by atoms with Crippen molar-refractivity contribution in [3.05, 3.63) is 29.8 Å². The molecular weight excluding hydrogens is 228 g/mol. The van der Waals surface area contributed by atoms with Gasteiger partial charge < -0.3 is 4.74 Å². The minimum absolute atomic E-state index is 0.218. The highest BCUT2D eigenvalue weighted by molar-refractivity contribution is 5.95. The van der Waals surface area contributed by atoms with Gasteiger partial charge in [0, 0.05) is 11.3 Å². The van der Waals surface area contributed by atoms with Gasteiger partial charge in [-0.25, -0.2) is 5.43 Å². The van der Waals surface area contributed by atoms with E-state index in [1.165, 1.54) is 0 Å². The van der Waals surface area contributed by atoms with Crippen molar-refractivity contribution >= 4 is 11.6 Å². The third-order valence-corrected chi connectivity index (χ3v) is 2.57. The van der Waals surface area contributed by atoms with E-state index in [0.29, 0.717) is 11.3 Å². The van der Waals surface area contributed by atoms with E-state index in [1.54, 1.807) is 31.4 Å². The predicted molar refractivity (Wildman–Crippen MR) is 73.1 cm³/mol. The number of rotatable bonds is 6. The number of hydrogen-bond donors (Lipinski definition) is 1. The molecule has 0 saturated heterocycles. The zero-order valence-electron chi connectivity index (χ0n) is 11.2. The molecule has 0 aliphatic heterocycles. The normalized spacial score (nSPS) is 11.2. The third kappa shape index (κ3) is 4.57. The van der Waals surface area contributed by atoms with Gasteiger partial charge in [-0.3, -0.25) is 4.79 Å². The Labute approximate surface area is 108 Å². The molecule has 1 aromatic rings. The molecule has 0 unspecified atom stereocenters. The van der Waals surface area contributed by atoms with E-state index in [4.69, 9.17) is 4.74 Å². The molecule has 0 fully saturated rings. The van der Waals surface area contributed by atoms with Crippen molar-refractivity contribution in [3.63, 3.8) is 0 Å². The minimum Gasteiger partial charge on any atom is -0.497 e. The highest BCUT2D eigenvalue weighted by Crippen LogP contribution is 2.12. The standard InChI is InChI=1S/C14H20N2O2/c1-4-5-7-11(2)15-16-14(17)12-8-6-9-13(10-12)18-3/h6,8-10H,4-5,7H2,1-3H3,(H,16,17)/b15-11+. The van der Waals surface area contributed by atoms with Crippen molar-refractivity contribution in [1.82, 2.24) is 5.43 Å². The Morgan fingerprint density at radius 1 is 1.44 bits per heavy atom. The number of nitrogens with zero attached hydrogens (tertiary/aromatic N) is 1. The number of carbonyl (C=O) groups excluding carboxylic acids is 1. The molecule has 0 atom stereocenters. The lowest BCUT2D eigenvalue weighted by Gasteiger charge is -2.04. The zero-order valence-corrected chi connectivity index (χ0v) is 11.2. The molecule has 0 bridgehead atoms. The van der Waals surface area contributed by atoms with Crippen LogP contribution in [0.4, 0.5) is 0 Å². The monoisotopic (exact) mass is 248 g/mol. The zero-order chi connectivity index (χ0) is 13.4. The summed E-state index contributed by atoms with van der Waals surface area (Å²) in [4.78, 5) is 11.8. The minimum atomic E-state index is -0.218. The second-order valence-electron chi connectivity index (χ2n) is 4.12. The molecule has 1 amide bonds. The Bertz CT molecular complexity index is 428. The Balaban J connectivity index is 2.59. The van der Waals surface area contributed by atoms with Gasteiger partial charge in [0.05, 0.1) is 7.11 Å². The van der Waals surface area contributed by atoms with Gasteiger partial charge >= 0.3 is 0 Å². The molecule has 0 aliphatic carbocycles. The molecule has 1 rings (SSSR count). The molecule has 0 aromatic heterocycles. The summed E-state index contributed by atoms with van der Waals surface area (Å²) < 4.78 is 5.07. The Hall–Kier alpha value is -1.84. The van der Waals surface area contributed by atoms with E-state index >= 15 is 0 Å². The van der Waals surface area contributed by atoms with Gasteiger partial charge in [0.25, 0.3) is 5.91 Å². The number of unbranched alkanes of at least 4 members (excludes halogenated alkanes) is 1. The fourth-order valence-electron chi connectivity index (χ4n) is 1.46. The van der Waals surface area contributed by atoms with Crippen molar-refractivity contribution in [2.45, 2.75) is 33.1 Å². The summed E-state index contributed by atoms with van der Waals surface area (Å²) >= 11 is 0. The fraction of sp³-hybridized carbons (Fsp3) is 0.429. The molecule has 98 valence electrons. The van der Waals surface area contributed by atoms with Crippen molar-refractivity contribution in [3.8, 4) is 5.75 Å². The van der Waals surface area contributed by atoms with Crippen molar-refractivity contribution < 1.29 is 9.53 Å². The topological polar surface area (TPSA) is 50.7 Å². The van der Waals surface area contributed by atoms with Crippen molar-refractivity contribution in [2.75, 3.05) is 7.11 Å². The summed E-state index contributed by atoms with van der Waals surface area (Å²) in [5.74, 6) is 0.444. The number of benzene rings is 1. The van der Waals surface area contributed by atoms with Crippen LogP contribution in [-0.2, 0) is 0 Å². The van der Waals surface area contributed by atoms with Crippen LogP contribution in [0.3, 0.4) is 0 Å². The van der Waals surface area contributed by atoms with Gasteiger partial charge in [-0.05, 0) is 38.0 Å². The predicted octanol–water partition coefficient (Wildman–Crippen LogP) is 2.99. The van der Waals surface area contributed by atoms with Crippen LogP contribution in [0.15, 0.2) is 29.4 Å². The average Bonchev–Trinajstić information content (AvgIpc) is 2.42. The third-order valence-electron chi connectivity index (χ3n) is 2.57. The molecule has 4 heteroatoms. The lowest BCUT2D eigenvalue weighted by Crippen LogP contribution is -2.19. The first-order chi connectivity index (χ1) is 8.67. The molecule has 0 heterocycles. The maximum Gasteiger partial charge on any atom is 0.271 e. The van der Waals surface area contributed by atoms with E-state index in [9.17, 15) is 4.79 Å². The molecule has 0 saturated carbocycles. The smallest absolute Gasteiger partial charge is 0.271 e. The summed E-state index contributed by atoms with van der Waals surface area (Å²) in [6.45, 7) is 4.05. The molecule has 18 heavy (non-hydrogen) atoms. The Kier molecular flexibility index (Phi) is 5.91. The summed E-state index contributed by atoms with van der Waals surface area (Å²) in [6.07, 6.45) is 3.12. The SMILES string of the molecule is CCCC/C(C)=N/NC(=O)c1cccc(OC)c1. The van der Waals surface area contributed by atoms with Crippen LogP contribution >= 0.6 is 0 Å². The van der Waals surface area contributed by atoms with Crippen LogP contribution in [0.2, 0.25) is 0 Å². The fourth-order valence-corrected chi connectivity index (χ4v) is 1.46. The molecule has 0 aliphatic rings. The van der Waals surface area contributed by atoms with Crippen LogP contribution in [0.25, 0.3) is 0 Å². The first-order valence-electron chi connectivity index (χ1n) is 6.15. The number of amides is 1. The molecule has 1 N–H and O–H groups in total. The largest absolute Gasteiger partial charge is 0.497 e. The van der Waals surface area contributed by atoms with Gasteiger partial charge in [-0.2, -0.15) is 5.10 Å². The molecule has 4 nitrogen and oxygen atoms in total. The number of methoxy groups -OCH3 is 1. The van der Waals surface area contributed by atoms with E-state index in [2.05, 4.69) is 17.5 Å². The number of ether oxygens (including phenoxy) is 1.